The third-order valence-electron chi connectivity index (χ3n) is 2.57. The van der Waals surface area contributed by atoms with E-state index >= 15 is 0 Å². The van der Waals surface area contributed by atoms with E-state index in [4.69, 9.17) is 5.84 Å². The van der Waals surface area contributed by atoms with Crippen LogP contribution >= 0.6 is 11.8 Å². The highest BCUT2D eigenvalue weighted by Crippen LogP contribution is 2.23. The quantitative estimate of drug-likeness (QED) is 0.391. The Kier molecular flexibility index (Phi) is 4.54. The number of carbonyl (C=O) groups excluding carboxylic acids is 1. The van der Waals surface area contributed by atoms with Gasteiger partial charge in [0.1, 0.15) is 5.82 Å². The molecule has 0 unspecified atom stereocenters. The first kappa shape index (κ1) is 13.6. The molecule has 0 radical (unpaired) electrons. The van der Waals surface area contributed by atoms with Crippen molar-refractivity contribution in [2.45, 2.75) is 10.6 Å². The third-order valence-corrected chi connectivity index (χ3v) is 3.65. The Morgan fingerprint density at radius 2 is 1.74 bits per heavy atom. The van der Waals surface area contributed by atoms with Crippen molar-refractivity contribution < 1.29 is 9.18 Å². The third kappa shape index (κ3) is 3.81. The van der Waals surface area contributed by atoms with E-state index in [0.29, 0.717) is 5.56 Å². The molecule has 5 heteroatoms. The number of carbonyl (C=O) groups is 1. The van der Waals surface area contributed by atoms with Crippen LogP contribution in [0, 0.1) is 5.82 Å². The molecule has 0 aliphatic carbocycles. The summed E-state index contributed by atoms with van der Waals surface area (Å²) in [5.41, 5.74) is 3.70. The number of hydrogen-bond donors (Lipinski definition) is 2. The Balaban J connectivity index is 1.96. The molecule has 2 rings (SSSR count). The van der Waals surface area contributed by atoms with Gasteiger partial charge in [-0.25, -0.2) is 10.2 Å². The van der Waals surface area contributed by atoms with Crippen LogP contribution < -0.4 is 11.3 Å². The van der Waals surface area contributed by atoms with E-state index < -0.39 is 0 Å². The standard InChI is InChI=1S/C14H13FN2OS/c15-12-5-7-13(8-6-12)19-9-10-1-3-11(4-2-10)14(18)17-16/h1-8H,9,16H2,(H,17,18). The summed E-state index contributed by atoms with van der Waals surface area (Å²) in [7, 11) is 0. The number of amides is 1. The molecule has 0 fully saturated rings. The van der Waals surface area contributed by atoms with Crippen molar-refractivity contribution in [2.75, 3.05) is 0 Å². The maximum absolute atomic E-state index is 12.7. The summed E-state index contributed by atoms with van der Waals surface area (Å²) in [6, 6.07) is 13.6. The Morgan fingerprint density at radius 3 is 2.32 bits per heavy atom. The Morgan fingerprint density at radius 1 is 1.11 bits per heavy atom. The number of hydrogen-bond acceptors (Lipinski definition) is 3. The number of benzene rings is 2. The highest BCUT2D eigenvalue weighted by molar-refractivity contribution is 7.98. The number of rotatable bonds is 4. The molecule has 98 valence electrons. The van der Waals surface area contributed by atoms with Crippen molar-refractivity contribution >= 4 is 17.7 Å². The van der Waals surface area contributed by atoms with Gasteiger partial charge < -0.3 is 0 Å². The summed E-state index contributed by atoms with van der Waals surface area (Å²) in [6.07, 6.45) is 0. The monoisotopic (exact) mass is 276 g/mol. The van der Waals surface area contributed by atoms with Crippen molar-refractivity contribution in [3.05, 3.63) is 65.5 Å². The average Bonchev–Trinajstić information content (AvgIpc) is 2.46. The summed E-state index contributed by atoms with van der Waals surface area (Å²) in [4.78, 5) is 12.3. The molecule has 19 heavy (non-hydrogen) atoms. The van der Waals surface area contributed by atoms with Crippen LogP contribution in [0.2, 0.25) is 0 Å². The van der Waals surface area contributed by atoms with Gasteiger partial charge in [-0.2, -0.15) is 0 Å². The first-order valence-corrected chi connectivity index (χ1v) is 6.66. The molecule has 0 bridgehead atoms. The van der Waals surface area contributed by atoms with E-state index in [9.17, 15) is 9.18 Å². The van der Waals surface area contributed by atoms with Gasteiger partial charge in [-0.1, -0.05) is 12.1 Å². The second-order valence-corrected chi connectivity index (χ2v) is 4.96. The summed E-state index contributed by atoms with van der Waals surface area (Å²) >= 11 is 1.61. The SMILES string of the molecule is NNC(=O)c1ccc(CSc2ccc(F)cc2)cc1. The largest absolute Gasteiger partial charge is 0.290 e. The van der Waals surface area contributed by atoms with Gasteiger partial charge >= 0.3 is 0 Å². The van der Waals surface area contributed by atoms with Crippen molar-refractivity contribution in [3.63, 3.8) is 0 Å². The molecule has 0 spiro atoms. The molecule has 0 atom stereocenters. The van der Waals surface area contributed by atoms with Crippen molar-refractivity contribution in [1.82, 2.24) is 5.43 Å². The smallest absolute Gasteiger partial charge is 0.265 e. The fourth-order valence-corrected chi connectivity index (χ4v) is 2.39. The van der Waals surface area contributed by atoms with Gasteiger partial charge in [-0.05, 0) is 42.0 Å². The summed E-state index contributed by atoms with van der Waals surface area (Å²) in [6.45, 7) is 0. The minimum atomic E-state index is -0.308. The molecule has 2 aromatic rings. The second kappa shape index (κ2) is 6.36. The lowest BCUT2D eigenvalue weighted by molar-refractivity contribution is 0.0953. The number of thioether (sulfide) groups is 1. The van der Waals surface area contributed by atoms with Gasteiger partial charge in [0.2, 0.25) is 0 Å². The van der Waals surface area contributed by atoms with E-state index in [-0.39, 0.29) is 11.7 Å². The zero-order valence-corrected chi connectivity index (χ0v) is 10.9. The molecule has 0 aliphatic rings. The maximum Gasteiger partial charge on any atom is 0.265 e. The Hall–Kier alpha value is -1.85. The number of hydrazine groups is 1. The van der Waals surface area contributed by atoms with Gasteiger partial charge in [0, 0.05) is 16.2 Å². The summed E-state index contributed by atoms with van der Waals surface area (Å²) < 4.78 is 12.7. The molecule has 0 saturated carbocycles. The highest BCUT2D eigenvalue weighted by Gasteiger charge is 2.03. The molecule has 0 saturated heterocycles. The molecule has 0 aliphatic heterocycles. The number of nitrogens with one attached hydrogen (secondary N) is 1. The molecule has 3 N–H and O–H groups in total. The average molecular weight is 276 g/mol. The van der Waals surface area contributed by atoms with Crippen LogP contribution in [0.25, 0.3) is 0 Å². The van der Waals surface area contributed by atoms with Crippen molar-refractivity contribution in [3.8, 4) is 0 Å². The molecule has 2 aromatic carbocycles. The van der Waals surface area contributed by atoms with Crippen LogP contribution in [0.15, 0.2) is 53.4 Å². The summed E-state index contributed by atoms with van der Waals surface area (Å²) in [5.74, 6) is 5.27. The molecule has 0 heterocycles. The van der Waals surface area contributed by atoms with Crippen LogP contribution in [0.4, 0.5) is 4.39 Å². The zero-order chi connectivity index (χ0) is 13.7. The molecule has 1 amide bonds. The van der Waals surface area contributed by atoms with Gasteiger partial charge in [-0.15, -0.1) is 11.8 Å². The fourth-order valence-electron chi connectivity index (χ4n) is 1.53. The van der Waals surface area contributed by atoms with Crippen LogP contribution in [-0.4, -0.2) is 5.91 Å². The normalized spacial score (nSPS) is 10.2. The van der Waals surface area contributed by atoms with Crippen LogP contribution in [0.3, 0.4) is 0 Å². The molecule has 0 aromatic heterocycles. The van der Waals surface area contributed by atoms with Gasteiger partial charge in [0.25, 0.3) is 5.91 Å². The minimum absolute atomic E-state index is 0.235. The van der Waals surface area contributed by atoms with Gasteiger partial charge in [0.15, 0.2) is 0 Å². The first-order chi connectivity index (χ1) is 9.19. The molecular weight excluding hydrogens is 263 g/mol. The van der Waals surface area contributed by atoms with E-state index in [0.717, 1.165) is 16.2 Å². The predicted molar refractivity (Wildman–Crippen MR) is 74.1 cm³/mol. The van der Waals surface area contributed by atoms with Crippen LogP contribution in [-0.2, 0) is 5.75 Å². The minimum Gasteiger partial charge on any atom is -0.290 e. The Bertz CT molecular complexity index is 555. The van der Waals surface area contributed by atoms with Crippen LogP contribution in [0.1, 0.15) is 15.9 Å². The number of nitrogens with two attached hydrogens (primary N) is 1. The number of halogens is 1. The van der Waals surface area contributed by atoms with Crippen molar-refractivity contribution in [2.24, 2.45) is 5.84 Å². The highest BCUT2D eigenvalue weighted by atomic mass is 32.2. The maximum atomic E-state index is 12.7. The predicted octanol–water partition coefficient (Wildman–Crippen LogP) is 2.72. The molecule has 3 nitrogen and oxygen atoms in total. The van der Waals surface area contributed by atoms with E-state index in [1.54, 1.807) is 36.0 Å². The second-order valence-electron chi connectivity index (χ2n) is 3.91. The zero-order valence-electron chi connectivity index (χ0n) is 10.1. The lowest BCUT2D eigenvalue weighted by atomic mass is 10.1. The lowest BCUT2D eigenvalue weighted by Crippen LogP contribution is -2.29. The van der Waals surface area contributed by atoms with Crippen molar-refractivity contribution in [1.29, 1.82) is 0 Å². The topological polar surface area (TPSA) is 55.1 Å². The van der Waals surface area contributed by atoms with E-state index in [1.165, 1.54) is 12.1 Å². The lowest BCUT2D eigenvalue weighted by Gasteiger charge is -2.04. The Labute approximate surface area is 115 Å². The first-order valence-electron chi connectivity index (χ1n) is 5.67. The van der Waals surface area contributed by atoms with Gasteiger partial charge in [-0.3, -0.25) is 10.2 Å². The van der Waals surface area contributed by atoms with E-state index in [2.05, 4.69) is 5.43 Å². The van der Waals surface area contributed by atoms with Gasteiger partial charge in [0.05, 0.1) is 0 Å². The fraction of sp³-hybridized carbons (Fsp3) is 0.0714. The number of nitrogen functional groups attached to an aromatic ring is 1. The summed E-state index contributed by atoms with van der Waals surface area (Å²) in [5, 5.41) is 0. The molecular formula is C14H13FN2OS. The van der Waals surface area contributed by atoms with Crippen LogP contribution in [0.5, 0.6) is 0 Å². The van der Waals surface area contributed by atoms with E-state index in [1.807, 2.05) is 12.1 Å².